The topological polar surface area (TPSA) is 70.4 Å². The third kappa shape index (κ3) is 6.34. The van der Waals surface area contributed by atoms with Crippen LogP contribution in [0.1, 0.15) is 66.4 Å². The van der Waals surface area contributed by atoms with Crippen LogP contribution in [0.15, 0.2) is 30.3 Å². The SMILES string of the molecule is CCC(Cc1c(C(=O)NC)ccc(NCCCN)c1N1CCCCC1)c1ccc(Cl)c(Cl)c1. The molecule has 2 aromatic rings. The normalized spacial score (nSPS) is 14.8. The molecule has 1 aliphatic rings. The zero-order valence-electron chi connectivity index (χ0n) is 19.7. The highest BCUT2D eigenvalue weighted by molar-refractivity contribution is 6.42. The van der Waals surface area contributed by atoms with E-state index in [2.05, 4.69) is 28.5 Å². The van der Waals surface area contributed by atoms with E-state index in [-0.39, 0.29) is 11.8 Å². The molecule has 2 aromatic carbocycles. The van der Waals surface area contributed by atoms with Crippen LogP contribution in [0.2, 0.25) is 10.0 Å². The molecule has 4 N–H and O–H groups in total. The molecule has 1 atom stereocenters. The van der Waals surface area contributed by atoms with Gasteiger partial charge in [-0.2, -0.15) is 0 Å². The summed E-state index contributed by atoms with van der Waals surface area (Å²) in [7, 11) is 1.69. The first-order valence-electron chi connectivity index (χ1n) is 12.0. The van der Waals surface area contributed by atoms with E-state index in [0.717, 1.165) is 79.8 Å². The summed E-state index contributed by atoms with van der Waals surface area (Å²) in [6.45, 7) is 5.62. The van der Waals surface area contributed by atoms with Crippen molar-refractivity contribution in [3.63, 3.8) is 0 Å². The van der Waals surface area contributed by atoms with Crippen LogP contribution in [0.25, 0.3) is 0 Å². The number of nitrogens with two attached hydrogens (primary N) is 1. The molecular formula is C26H36Cl2N4O. The fourth-order valence-electron chi connectivity index (χ4n) is 4.65. The lowest BCUT2D eigenvalue weighted by molar-refractivity contribution is 0.0962. The number of amides is 1. The van der Waals surface area contributed by atoms with Crippen molar-refractivity contribution >= 4 is 40.5 Å². The third-order valence-electron chi connectivity index (χ3n) is 6.48. The Labute approximate surface area is 208 Å². The van der Waals surface area contributed by atoms with Crippen molar-refractivity contribution in [3.8, 4) is 0 Å². The Kier molecular flexibility index (Phi) is 9.72. The average molecular weight is 492 g/mol. The van der Waals surface area contributed by atoms with Gasteiger partial charge in [0.15, 0.2) is 0 Å². The van der Waals surface area contributed by atoms with Gasteiger partial charge in [0.25, 0.3) is 5.91 Å². The largest absolute Gasteiger partial charge is 0.383 e. The molecule has 0 aromatic heterocycles. The molecule has 33 heavy (non-hydrogen) atoms. The van der Waals surface area contributed by atoms with Gasteiger partial charge < -0.3 is 21.3 Å². The molecule has 0 spiro atoms. The first-order chi connectivity index (χ1) is 16.0. The molecule has 3 rings (SSSR count). The number of nitrogens with zero attached hydrogens (tertiary/aromatic N) is 1. The van der Waals surface area contributed by atoms with Crippen LogP contribution in [0.3, 0.4) is 0 Å². The van der Waals surface area contributed by atoms with Gasteiger partial charge in [0, 0.05) is 32.2 Å². The van der Waals surface area contributed by atoms with Crippen LogP contribution >= 0.6 is 23.2 Å². The fraction of sp³-hybridized carbons (Fsp3) is 0.500. The highest BCUT2D eigenvalue weighted by atomic mass is 35.5. The van der Waals surface area contributed by atoms with E-state index < -0.39 is 0 Å². The molecule has 1 unspecified atom stereocenters. The maximum atomic E-state index is 12.9. The van der Waals surface area contributed by atoms with Gasteiger partial charge in [0.2, 0.25) is 0 Å². The van der Waals surface area contributed by atoms with E-state index in [1.807, 2.05) is 24.3 Å². The predicted octanol–water partition coefficient (Wildman–Crippen LogP) is 5.84. The van der Waals surface area contributed by atoms with Gasteiger partial charge in [-0.15, -0.1) is 0 Å². The van der Waals surface area contributed by atoms with Gasteiger partial charge in [-0.3, -0.25) is 4.79 Å². The molecule has 180 valence electrons. The minimum absolute atomic E-state index is 0.0549. The van der Waals surface area contributed by atoms with Crippen molar-refractivity contribution < 1.29 is 4.79 Å². The number of halogens is 2. The summed E-state index contributed by atoms with van der Waals surface area (Å²) in [4.78, 5) is 15.4. The maximum Gasteiger partial charge on any atom is 0.251 e. The van der Waals surface area contributed by atoms with Crippen molar-refractivity contribution in [1.29, 1.82) is 0 Å². The third-order valence-corrected chi connectivity index (χ3v) is 7.22. The molecule has 1 amide bonds. The lowest BCUT2D eigenvalue weighted by atomic mass is 9.86. The van der Waals surface area contributed by atoms with Crippen molar-refractivity contribution in [2.45, 2.75) is 51.4 Å². The Bertz CT molecular complexity index is 944. The molecule has 0 bridgehead atoms. The number of nitrogens with one attached hydrogen (secondary N) is 2. The second-order valence-corrected chi connectivity index (χ2v) is 9.48. The van der Waals surface area contributed by atoms with Crippen molar-refractivity contribution in [2.75, 3.05) is 43.4 Å². The van der Waals surface area contributed by atoms with Crippen molar-refractivity contribution in [2.24, 2.45) is 5.73 Å². The number of hydrogen-bond donors (Lipinski definition) is 3. The zero-order chi connectivity index (χ0) is 23.8. The van der Waals surface area contributed by atoms with Gasteiger partial charge in [0.1, 0.15) is 0 Å². The van der Waals surface area contributed by atoms with Gasteiger partial charge in [-0.25, -0.2) is 0 Å². The van der Waals surface area contributed by atoms with Gasteiger partial charge >= 0.3 is 0 Å². The Morgan fingerprint density at radius 1 is 1.12 bits per heavy atom. The molecule has 1 heterocycles. The first kappa shape index (κ1) is 25.7. The van der Waals surface area contributed by atoms with E-state index in [9.17, 15) is 4.79 Å². The predicted molar refractivity (Wildman–Crippen MR) is 141 cm³/mol. The van der Waals surface area contributed by atoms with Crippen LogP contribution in [0.4, 0.5) is 11.4 Å². The van der Waals surface area contributed by atoms with Crippen LogP contribution in [0.5, 0.6) is 0 Å². The zero-order valence-corrected chi connectivity index (χ0v) is 21.2. The number of hydrogen-bond acceptors (Lipinski definition) is 4. The van der Waals surface area contributed by atoms with Gasteiger partial charge in [0.05, 0.1) is 21.4 Å². The minimum Gasteiger partial charge on any atom is -0.383 e. The molecule has 5 nitrogen and oxygen atoms in total. The molecule has 1 aliphatic heterocycles. The molecule has 1 fully saturated rings. The van der Waals surface area contributed by atoms with E-state index in [4.69, 9.17) is 28.9 Å². The molecule has 7 heteroatoms. The number of rotatable bonds is 10. The first-order valence-corrected chi connectivity index (χ1v) is 12.8. The molecule has 0 radical (unpaired) electrons. The summed E-state index contributed by atoms with van der Waals surface area (Å²) >= 11 is 12.5. The van der Waals surface area contributed by atoms with E-state index >= 15 is 0 Å². The highest BCUT2D eigenvalue weighted by Gasteiger charge is 2.25. The summed E-state index contributed by atoms with van der Waals surface area (Å²) < 4.78 is 0. The summed E-state index contributed by atoms with van der Waals surface area (Å²) in [6, 6.07) is 9.87. The molecule has 1 saturated heterocycles. The van der Waals surface area contributed by atoms with Crippen LogP contribution < -0.4 is 21.3 Å². The van der Waals surface area contributed by atoms with Crippen LogP contribution in [-0.4, -0.2) is 39.1 Å². The monoisotopic (exact) mass is 490 g/mol. The number of carbonyl (C=O) groups excluding carboxylic acids is 1. The molecular weight excluding hydrogens is 455 g/mol. The second kappa shape index (κ2) is 12.5. The smallest absolute Gasteiger partial charge is 0.251 e. The number of piperidine rings is 1. The number of benzene rings is 2. The summed E-state index contributed by atoms with van der Waals surface area (Å²) in [6.07, 6.45) is 6.14. The Morgan fingerprint density at radius 3 is 2.52 bits per heavy atom. The van der Waals surface area contributed by atoms with Gasteiger partial charge in [-0.05, 0) is 86.4 Å². The summed E-state index contributed by atoms with van der Waals surface area (Å²) in [5.74, 6) is 0.159. The van der Waals surface area contributed by atoms with Crippen LogP contribution in [-0.2, 0) is 6.42 Å². The Morgan fingerprint density at radius 2 is 1.88 bits per heavy atom. The Balaban J connectivity index is 2.10. The molecule has 0 aliphatic carbocycles. The Hall–Kier alpha value is -1.95. The minimum atomic E-state index is -0.0549. The lowest BCUT2D eigenvalue weighted by Gasteiger charge is -2.34. The van der Waals surface area contributed by atoms with Crippen molar-refractivity contribution in [3.05, 3.63) is 57.1 Å². The second-order valence-electron chi connectivity index (χ2n) is 8.67. The van der Waals surface area contributed by atoms with Gasteiger partial charge in [-0.1, -0.05) is 36.2 Å². The lowest BCUT2D eigenvalue weighted by Crippen LogP contribution is -2.32. The maximum absolute atomic E-state index is 12.9. The average Bonchev–Trinajstić information content (AvgIpc) is 2.84. The summed E-state index contributed by atoms with van der Waals surface area (Å²) in [5.41, 5.74) is 10.9. The standard InChI is InChI=1S/C26H36Cl2N4O/c1-3-18(19-8-10-22(27)23(28)17-19)16-21-20(26(33)30-2)9-11-24(31-13-7-12-29)25(21)32-14-5-4-6-15-32/h8-11,17-18,31H,3-7,12-16,29H2,1-2H3,(H,30,33). The van der Waals surface area contributed by atoms with E-state index in [1.54, 1.807) is 7.05 Å². The highest BCUT2D eigenvalue weighted by Crippen LogP contribution is 2.39. The number of carbonyl (C=O) groups is 1. The number of anilines is 2. The fourth-order valence-corrected chi connectivity index (χ4v) is 4.95. The van der Waals surface area contributed by atoms with Crippen molar-refractivity contribution in [1.82, 2.24) is 5.32 Å². The van der Waals surface area contributed by atoms with E-state index in [0.29, 0.717) is 16.6 Å². The quantitative estimate of drug-likeness (QED) is 0.365. The summed E-state index contributed by atoms with van der Waals surface area (Å²) in [5, 5.41) is 7.55. The van der Waals surface area contributed by atoms with Crippen LogP contribution in [0, 0.1) is 0 Å². The molecule has 0 saturated carbocycles. The van der Waals surface area contributed by atoms with E-state index in [1.165, 1.54) is 6.42 Å².